The summed E-state index contributed by atoms with van der Waals surface area (Å²) in [5.74, 6) is 0.804. The van der Waals surface area contributed by atoms with E-state index in [0.29, 0.717) is 5.56 Å². The van der Waals surface area contributed by atoms with Crippen LogP contribution in [0.4, 0.5) is 0 Å². The van der Waals surface area contributed by atoms with Crippen molar-refractivity contribution < 1.29 is 9.53 Å². The first-order chi connectivity index (χ1) is 11.8. The molecule has 3 rings (SSSR count). The van der Waals surface area contributed by atoms with Crippen LogP contribution in [0.25, 0.3) is 16.8 Å². The molecule has 2 heteroatoms. The summed E-state index contributed by atoms with van der Waals surface area (Å²) in [7, 11) is 1.65. The Morgan fingerprint density at radius 3 is 2.42 bits per heavy atom. The maximum Gasteiger partial charge on any atom is 0.185 e. The number of carbonyl (C=O) groups is 1. The molecule has 0 N–H and O–H groups in total. The van der Waals surface area contributed by atoms with Gasteiger partial charge in [-0.15, -0.1) is 0 Å². The van der Waals surface area contributed by atoms with Crippen molar-refractivity contribution in [3.05, 3.63) is 96.1 Å². The first-order valence-electron chi connectivity index (χ1n) is 7.78. The van der Waals surface area contributed by atoms with Crippen LogP contribution in [0.2, 0.25) is 0 Å². The average Bonchev–Trinajstić information content (AvgIpc) is 2.65. The van der Waals surface area contributed by atoms with E-state index in [0.717, 1.165) is 22.1 Å². The van der Waals surface area contributed by atoms with E-state index in [4.69, 9.17) is 4.74 Å². The van der Waals surface area contributed by atoms with Crippen molar-refractivity contribution in [2.24, 2.45) is 0 Å². The van der Waals surface area contributed by atoms with E-state index in [2.05, 4.69) is 0 Å². The Bertz CT molecular complexity index is 906. The lowest BCUT2D eigenvalue weighted by Crippen LogP contribution is -1.93. The molecule has 0 saturated heterocycles. The minimum Gasteiger partial charge on any atom is -0.497 e. The van der Waals surface area contributed by atoms with E-state index in [1.54, 1.807) is 19.3 Å². The molecule has 0 spiro atoms. The van der Waals surface area contributed by atoms with Gasteiger partial charge in [0.05, 0.1) is 7.11 Å². The van der Waals surface area contributed by atoms with Crippen LogP contribution in [0.3, 0.4) is 0 Å². The Morgan fingerprint density at radius 2 is 1.62 bits per heavy atom. The van der Waals surface area contributed by atoms with Gasteiger partial charge in [0.15, 0.2) is 5.78 Å². The molecule has 0 unspecified atom stereocenters. The summed E-state index contributed by atoms with van der Waals surface area (Å²) in [6.45, 7) is 0. The Morgan fingerprint density at radius 1 is 0.875 bits per heavy atom. The van der Waals surface area contributed by atoms with E-state index < -0.39 is 0 Å². The van der Waals surface area contributed by atoms with Gasteiger partial charge in [-0.25, -0.2) is 0 Å². The summed E-state index contributed by atoms with van der Waals surface area (Å²) < 4.78 is 5.22. The van der Waals surface area contributed by atoms with Crippen molar-refractivity contribution in [3.63, 3.8) is 0 Å². The molecule has 0 aliphatic carbocycles. The summed E-state index contributed by atoms with van der Waals surface area (Å²) in [6, 6.07) is 21.5. The van der Waals surface area contributed by atoms with Crippen LogP contribution < -0.4 is 4.74 Å². The molecular formula is C22H18O2. The van der Waals surface area contributed by atoms with Gasteiger partial charge >= 0.3 is 0 Å². The highest BCUT2D eigenvalue weighted by Gasteiger charge is 2.03. The molecule has 3 aromatic rings. The fourth-order valence-electron chi connectivity index (χ4n) is 2.47. The highest BCUT2D eigenvalue weighted by molar-refractivity contribution is 6.07. The van der Waals surface area contributed by atoms with Gasteiger partial charge in [-0.3, -0.25) is 4.79 Å². The zero-order valence-corrected chi connectivity index (χ0v) is 13.5. The van der Waals surface area contributed by atoms with Crippen molar-refractivity contribution in [1.82, 2.24) is 0 Å². The fraction of sp³-hybridized carbons (Fsp3) is 0.0455. The van der Waals surface area contributed by atoms with E-state index in [-0.39, 0.29) is 5.78 Å². The summed E-state index contributed by atoms with van der Waals surface area (Å²) in [5.41, 5.74) is 1.78. The molecule has 0 radical (unpaired) electrons. The second-order valence-electron chi connectivity index (χ2n) is 5.42. The van der Waals surface area contributed by atoms with Crippen LogP contribution >= 0.6 is 0 Å². The lowest BCUT2D eigenvalue weighted by Gasteiger charge is -2.03. The predicted octanol–water partition coefficient (Wildman–Crippen LogP) is 5.30. The van der Waals surface area contributed by atoms with Crippen LogP contribution in [0.5, 0.6) is 5.75 Å². The van der Waals surface area contributed by atoms with Gasteiger partial charge in [0.2, 0.25) is 0 Å². The number of methoxy groups -OCH3 is 1. The largest absolute Gasteiger partial charge is 0.497 e. The zero-order chi connectivity index (χ0) is 16.8. The molecule has 0 bridgehead atoms. The number of allylic oxidation sites excluding steroid dienone is 3. The molecule has 3 aromatic carbocycles. The van der Waals surface area contributed by atoms with Crippen LogP contribution in [-0.2, 0) is 0 Å². The summed E-state index contributed by atoms with van der Waals surface area (Å²) in [5, 5.41) is 2.08. The Kier molecular flexibility index (Phi) is 4.87. The molecule has 2 nitrogen and oxygen atoms in total. The third kappa shape index (κ3) is 3.79. The number of hydrogen-bond acceptors (Lipinski definition) is 2. The molecule has 0 atom stereocenters. The highest BCUT2D eigenvalue weighted by atomic mass is 16.5. The molecule has 118 valence electrons. The van der Waals surface area contributed by atoms with Crippen molar-refractivity contribution in [2.45, 2.75) is 0 Å². The molecule has 0 fully saturated rings. The number of carbonyl (C=O) groups excluding carboxylic acids is 1. The van der Waals surface area contributed by atoms with E-state index in [9.17, 15) is 4.79 Å². The standard InChI is InChI=1S/C22H18O2/c1-24-21-14-13-18-15-20(12-11-19(18)16-21)22(23)10-6-5-9-17-7-3-2-4-8-17/h2-16H,1H3/b9-5+,10-6+. The molecule has 0 heterocycles. The van der Waals surface area contributed by atoms with Gasteiger partial charge in [0.1, 0.15) is 5.75 Å². The second kappa shape index (κ2) is 7.42. The van der Waals surface area contributed by atoms with Crippen LogP contribution in [0, 0.1) is 0 Å². The van der Waals surface area contributed by atoms with Gasteiger partial charge < -0.3 is 4.74 Å². The van der Waals surface area contributed by atoms with Gasteiger partial charge in [0, 0.05) is 5.56 Å². The first-order valence-corrected chi connectivity index (χ1v) is 7.78. The predicted molar refractivity (Wildman–Crippen MR) is 99.4 cm³/mol. The molecule has 0 aromatic heterocycles. The van der Waals surface area contributed by atoms with E-state index in [1.807, 2.05) is 78.9 Å². The molecule has 0 amide bonds. The van der Waals surface area contributed by atoms with Crippen molar-refractivity contribution >= 4 is 22.6 Å². The number of rotatable bonds is 5. The summed E-state index contributed by atoms with van der Waals surface area (Å²) >= 11 is 0. The molecule has 24 heavy (non-hydrogen) atoms. The second-order valence-corrected chi connectivity index (χ2v) is 5.42. The average molecular weight is 314 g/mol. The number of benzene rings is 3. The third-order valence-corrected chi connectivity index (χ3v) is 3.78. The third-order valence-electron chi connectivity index (χ3n) is 3.78. The van der Waals surface area contributed by atoms with Crippen molar-refractivity contribution in [3.8, 4) is 5.75 Å². The summed E-state index contributed by atoms with van der Waals surface area (Å²) in [4.78, 5) is 12.3. The molecule has 0 aliphatic rings. The Labute approximate surface area is 141 Å². The number of hydrogen-bond donors (Lipinski definition) is 0. The fourth-order valence-corrected chi connectivity index (χ4v) is 2.47. The van der Waals surface area contributed by atoms with Crippen molar-refractivity contribution in [2.75, 3.05) is 7.11 Å². The quantitative estimate of drug-likeness (QED) is 0.363. The van der Waals surface area contributed by atoms with Crippen molar-refractivity contribution in [1.29, 1.82) is 0 Å². The molecular weight excluding hydrogens is 296 g/mol. The monoisotopic (exact) mass is 314 g/mol. The SMILES string of the molecule is COc1ccc2cc(C(=O)/C=C/C=C/c3ccccc3)ccc2c1. The van der Waals surface area contributed by atoms with Gasteiger partial charge in [-0.2, -0.15) is 0 Å². The Hall–Kier alpha value is -3.13. The normalized spacial score (nSPS) is 11.4. The topological polar surface area (TPSA) is 26.3 Å². The minimum absolute atomic E-state index is 0.00886. The Balaban J connectivity index is 1.74. The number of ketones is 1. The zero-order valence-electron chi connectivity index (χ0n) is 13.5. The number of ether oxygens (including phenoxy) is 1. The van der Waals surface area contributed by atoms with Crippen LogP contribution in [0.1, 0.15) is 15.9 Å². The van der Waals surface area contributed by atoms with Gasteiger partial charge in [0.25, 0.3) is 0 Å². The first kappa shape index (κ1) is 15.8. The lowest BCUT2D eigenvalue weighted by atomic mass is 10.0. The van der Waals surface area contributed by atoms with E-state index >= 15 is 0 Å². The number of fused-ring (bicyclic) bond motifs is 1. The minimum atomic E-state index is -0.00886. The van der Waals surface area contributed by atoms with Crippen LogP contribution in [-0.4, -0.2) is 12.9 Å². The van der Waals surface area contributed by atoms with E-state index in [1.165, 1.54) is 0 Å². The molecule has 0 aliphatic heterocycles. The smallest absolute Gasteiger partial charge is 0.185 e. The maximum atomic E-state index is 12.3. The van der Waals surface area contributed by atoms with Gasteiger partial charge in [-0.1, -0.05) is 66.8 Å². The molecule has 0 saturated carbocycles. The maximum absolute atomic E-state index is 12.3. The summed E-state index contributed by atoms with van der Waals surface area (Å²) in [6.07, 6.45) is 7.20. The highest BCUT2D eigenvalue weighted by Crippen LogP contribution is 2.22. The van der Waals surface area contributed by atoms with Crippen LogP contribution in [0.15, 0.2) is 85.0 Å². The lowest BCUT2D eigenvalue weighted by molar-refractivity contribution is 0.104. The van der Waals surface area contributed by atoms with Gasteiger partial charge in [-0.05, 0) is 40.6 Å².